The lowest BCUT2D eigenvalue weighted by Crippen LogP contribution is -2.52. The lowest BCUT2D eigenvalue weighted by Gasteiger charge is -2.34. The first-order valence-electron chi connectivity index (χ1n) is 14.9. The van der Waals surface area contributed by atoms with Gasteiger partial charge in [-0.3, -0.25) is 14.4 Å². The Kier molecular flexibility index (Phi) is 8.17. The number of ketones is 1. The molecule has 9 heteroatoms. The Balaban J connectivity index is 1.39. The molecule has 1 spiro atoms. The number of nitrogens with zero attached hydrogens (tertiary/aromatic N) is 1. The molecule has 1 aromatic heterocycles. The first kappa shape index (κ1) is 29.1. The van der Waals surface area contributed by atoms with Crippen LogP contribution in [0.5, 0.6) is 5.75 Å². The molecule has 9 nitrogen and oxygen atoms in total. The van der Waals surface area contributed by atoms with E-state index in [1.54, 1.807) is 18.1 Å². The van der Waals surface area contributed by atoms with Gasteiger partial charge in [0.15, 0.2) is 0 Å². The van der Waals surface area contributed by atoms with E-state index in [2.05, 4.69) is 24.1 Å². The molecule has 1 saturated heterocycles. The fourth-order valence-corrected chi connectivity index (χ4v) is 7.33. The number of H-pyrrole nitrogens is 1. The summed E-state index contributed by atoms with van der Waals surface area (Å²) in [5, 5.41) is 3.71. The maximum absolute atomic E-state index is 14.0. The average molecular weight is 566 g/mol. The summed E-state index contributed by atoms with van der Waals surface area (Å²) in [5.41, 5.74) is 1.01. The van der Waals surface area contributed by atoms with Gasteiger partial charge in [0.1, 0.15) is 29.3 Å². The Bertz CT molecular complexity index is 1320. The number of esters is 1. The zero-order valence-electron chi connectivity index (χ0n) is 24.7. The zero-order chi connectivity index (χ0) is 29.4. The minimum atomic E-state index is -0.945. The van der Waals surface area contributed by atoms with Crippen molar-refractivity contribution in [3.63, 3.8) is 0 Å². The van der Waals surface area contributed by atoms with Crippen LogP contribution in [-0.4, -0.2) is 66.3 Å². The van der Waals surface area contributed by atoms with Crippen molar-refractivity contribution in [2.75, 3.05) is 20.8 Å². The summed E-state index contributed by atoms with van der Waals surface area (Å²) in [6.45, 7) is 4.66. The average Bonchev–Trinajstić information content (AvgIpc) is 3.55. The first-order chi connectivity index (χ1) is 19.5. The number of carbonyl (C=O) groups is 4. The van der Waals surface area contributed by atoms with Crippen molar-refractivity contribution in [3.05, 3.63) is 30.0 Å². The largest absolute Gasteiger partial charge is 0.496 e. The van der Waals surface area contributed by atoms with E-state index in [1.807, 2.05) is 18.2 Å². The summed E-state index contributed by atoms with van der Waals surface area (Å²) in [5.74, 6) is -0.698. The van der Waals surface area contributed by atoms with E-state index in [1.165, 1.54) is 7.11 Å². The highest BCUT2D eigenvalue weighted by atomic mass is 16.5. The number of hydrogen-bond donors (Lipinski definition) is 2. The smallest absolute Gasteiger partial charge is 0.328 e. The Morgan fingerprint density at radius 2 is 1.88 bits per heavy atom. The minimum absolute atomic E-state index is 0.0523. The second kappa shape index (κ2) is 11.5. The molecule has 2 aliphatic carbocycles. The van der Waals surface area contributed by atoms with Crippen LogP contribution >= 0.6 is 0 Å². The number of carbonyl (C=O) groups excluding carboxylic acids is 4. The number of amides is 2. The number of benzene rings is 1. The topological polar surface area (TPSA) is 118 Å². The third kappa shape index (κ3) is 5.99. The van der Waals surface area contributed by atoms with Crippen molar-refractivity contribution >= 4 is 34.5 Å². The molecule has 0 bridgehead atoms. The Labute approximate surface area is 241 Å². The third-order valence-electron chi connectivity index (χ3n) is 9.66. The van der Waals surface area contributed by atoms with Crippen LogP contribution in [0.4, 0.5) is 0 Å². The van der Waals surface area contributed by atoms with E-state index >= 15 is 0 Å². The lowest BCUT2D eigenvalue weighted by atomic mass is 9.71. The molecule has 41 heavy (non-hydrogen) atoms. The molecule has 2 amide bonds. The molecule has 2 N–H and O–H groups in total. The van der Waals surface area contributed by atoms with Crippen LogP contribution in [0.25, 0.3) is 10.9 Å². The van der Waals surface area contributed by atoms with Crippen LogP contribution in [0.3, 0.4) is 0 Å². The summed E-state index contributed by atoms with van der Waals surface area (Å²) in [4.78, 5) is 58.5. The third-order valence-corrected chi connectivity index (χ3v) is 9.66. The summed E-state index contributed by atoms with van der Waals surface area (Å²) >= 11 is 0. The maximum Gasteiger partial charge on any atom is 0.328 e. The van der Waals surface area contributed by atoms with Gasteiger partial charge in [0.2, 0.25) is 5.91 Å². The summed E-state index contributed by atoms with van der Waals surface area (Å²) in [6.07, 6.45) is 8.02. The number of ether oxygens (including phenoxy) is 2. The van der Waals surface area contributed by atoms with Crippen LogP contribution in [0.1, 0.15) is 88.5 Å². The predicted molar refractivity (Wildman–Crippen MR) is 155 cm³/mol. The fourth-order valence-electron chi connectivity index (χ4n) is 7.33. The van der Waals surface area contributed by atoms with Gasteiger partial charge in [-0.15, -0.1) is 0 Å². The number of rotatable bonds is 7. The SMILES string of the molecule is COC(=O)[C@H](CC1CCC(C)(C)CC1=O)NC(=O)C1CC2(CCCCC2)CN1C(=O)c1cc2c(OC)cccc2[nH]1. The molecule has 1 aliphatic heterocycles. The predicted octanol–water partition coefficient (Wildman–Crippen LogP) is 4.78. The Morgan fingerprint density at radius 1 is 1.12 bits per heavy atom. The van der Waals surface area contributed by atoms with Crippen molar-refractivity contribution in [1.29, 1.82) is 0 Å². The lowest BCUT2D eigenvalue weighted by molar-refractivity contribution is -0.146. The van der Waals surface area contributed by atoms with Crippen LogP contribution in [0.2, 0.25) is 0 Å². The number of aromatic amines is 1. The highest BCUT2D eigenvalue weighted by Gasteiger charge is 2.50. The number of Topliss-reactive ketones (excluding diaryl/α,β-unsaturated/α-hetero) is 1. The van der Waals surface area contributed by atoms with Gasteiger partial charge in [-0.2, -0.15) is 0 Å². The van der Waals surface area contributed by atoms with Crippen molar-refractivity contribution < 1.29 is 28.7 Å². The molecule has 2 unspecified atom stereocenters. The van der Waals surface area contributed by atoms with Crippen LogP contribution in [0.15, 0.2) is 24.3 Å². The monoisotopic (exact) mass is 565 g/mol. The molecule has 2 aromatic rings. The number of nitrogens with one attached hydrogen (secondary N) is 2. The second-order valence-electron chi connectivity index (χ2n) is 13.2. The maximum atomic E-state index is 14.0. The molecule has 2 saturated carbocycles. The molecular formula is C32H43N3O6. The van der Waals surface area contributed by atoms with E-state index in [0.29, 0.717) is 37.3 Å². The minimum Gasteiger partial charge on any atom is -0.496 e. The van der Waals surface area contributed by atoms with E-state index in [0.717, 1.165) is 49.4 Å². The molecule has 3 atom stereocenters. The van der Waals surface area contributed by atoms with E-state index in [-0.39, 0.29) is 40.8 Å². The van der Waals surface area contributed by atoms with Crippen LogP contribution in [0, 0.1) is 16.7 Å². The fraction of sp³-hybridized carbons (Fsp3) is 0.625. The van der Waals surface area contributed by atoms with Crippen LogP contribution < -0.4 is 10.1 Å². The standard InChI is InChI=1S/C32H43N3O6/c1-31(2)14-11-20(26(36)18-31)15-24(30(39)41-4)34-28(37)25-17-32(12-6-5-7-13-32)19-35(25)29(38)23-16-21-22(33-23)9-8-10-27(21)40-3/h8-10,16,20,24-25,33H,5-7,11-15,17-19H2,1-4H3,(H,34,37)/t20?,24-,25?/m0/s1. The second-order valence-corrected chi connectivity index (χ2v) is 13.2. The molecule has 1 aromatic carbocycles. The van der Waals surface area contributed by atoms with Crippen molar-refractivity contribution in [3.8, 4) is 5.75 Å². The molecule has 2 heterocycles. The quantitative estimate of drug-likeness (QED) is 0.467. The highest BCUT2D eigenvalue weighted by molar-refractivity contribution is 6.02. The van der Waals surface area contributed by atoms with Gasteiger partial charge in [0, 0.05) is 29.8 Å². The van der Waals surface area contributed by atoms with Gasteiger partial charge in [-0.05, 0) is 67.6 Å². The molecule has 3 fully saturated rings. The molecule has 5 rings (SSSR count). The van der Waals surface area contributed by atoms with Crippen molar-refractivity contribution in [1.82, 2.24) is 15.2 Å². The number of fused-ring (bicyclic) bond motifs is 1. The molecule has 0 radical (unpaired) electrons. The van der Waals surface area contributed by atoms with Gasteiger partial charge in [-0.25, -0.2) is 4.79 Å². The summed E-state index contributed by atoms with van der Waals surface area (Å²) < 4.78 is 10.5. The Hall–Kier alpha value is -3.36. The molecule has 222 valence electrons. The van der Waals surface area contributed by atoms with Gasteiger partial charge >= 0.3 is 5.97 Å². The van der Waals surface area contributed by atoms with Crippen molar-refractivity contribution in [2.45, 2.75) is 90.1 Å². The number of aromatic nitrogens is 1. The highest BCUT2D eigenvalue weighted by Crippen LogP contribution is 2.47. The first-order valence-corrected chi connectivity index (χ1v) is 14.9. The summed E-state index contributed by atoms with van der Waals surface area (Å²) in [7, 11) is 2.89. The molecule has 3 aliphatic rings. The molecular weight excluding hydrogens is 522 g/mol. The van der Waals surface area contributed by atoms with Gasteiger partial charge in [0.05, 0.1) is 14.2 Å². The summed E-state index contributed by atoms with van der Waals surface area (Å²) in [6, 6.07) is 5.71. The van der Waals surface area contributed by atoms with Crippen LogP contribution in [-0.2, 0) is 19.1 Å². The van der Waals surface area contributed by atoms with Crippen molar-refractivity contribution in [2.24, 2.45) is 16.7 Å². The van der Waals surface area contributed by atoms with Gasteiger partial charge in [-0.1, -0.05) is 39.2 Å². The number of likely N-dealkylation sites (tertiary alicyclic amines) is 1. The van der Waals surface area contributed by atoms with E-state index < -0.39 is 18.1 Å². The van der Waals surface area contributed by atoms with E-state index in [4.69, 9.17) is 9.47 Å². The van der Waals surface area contributed by atoms with Gasteiger partial charge < -0.3 is 24.7 Å². The number of hydrogen-bond acceptors (Lipinski definition) is 6. The van der Waals surface area contributed by atoms with E-state index in [9.17, 15) is 19.2 Å². The normalized spacial score (nSPS) is 24.3. The van der Waals surface area contributed by atoms with Gasteiger partial charge in [0.25, 0.3) is 5.91 Å². The Morgan fingerprint density at radius 3 is 2.56 bits per heavy atom. The zero-order valence-corrected chi connectivity index (χ0v) is 24.7. The number of methoxy groups -OCH3 is 2.